The van der Waals surface area contributed by atoms with Crippen LogP contribution in [0.15, 0.2) is 170 Å². The number of aromatic nitrogens is 2. The number of rotatable bonds is 3. The van der Waals surface area contributed by atoms with Gasteiger partial charge in [0.25, 0.3) is 0 Å². The van der Waals surface area contributed by atoms with Crippen molar-refractivity contribution >= 4 is 91.3 Å². The first-order valence-electron chi connectivity index (χ1n) is 17.8. The second kappa shape index (κ2) is 10.5. The standard InChI is InChI=1S/C49H28N2S/c1-2-10-31(11-3-1)47-38-24-23-36-39-26-32(22-25-45(39)52-49(36)46(38)37-14-4-7-15-42(37)50-47)29-18-20-30(21-19-29)33-27-40-34-12-5-8-16-43(34)51-44-17-9-6-13-35(44)41(28-33)48(40)51/h1-28H. The highest BCUT2D eigenvalue weighted by Gasteiger charge is 2.19. The Balaban J connectivity index is 1.00. The van der Waals surface area contributed by atoms with Crippen LogP contribution in [0, 0.1) is 0 Å². The van der Waals surface area contributed by atoms with Gasteiger partial charge in [0.05, 0.1) is 27.8 Å². The smallest absolute Gasteiger partial charge is 0.0788 e. The molecule has 0 saturated carbocycles. The number of hydrogen-bond donors (Lipinski definition) is 0. The zero-order valence-electron chi connectivity index (χ0n) is 28.0. The summed E-state index contributed by atoms with van der Waals surface area (Å²) >= 11 is 1.89. The fourth-order valence-corrected chi connectivity index (χ4v) is 9.98. The minimum atomic E-state index is 1.03. The summed E-state index contributed by atoms with van der Waals surface area (Å²) in [6.45, 7) is 0. The molecule has 0 radical (unpaired) electrons. The van der Waals surface area contributed by atoms with E-state index >= 15 is 0 Å². The summed E-state index contributed by atoms with van der Waals surface area (Å²) in [5.74, 6) is 0. The summed E-state index contributed by atoms with van der Waals surface area (Å²) in [5.41, 5.74) is 12.0. The van der Waals surface area contributed by atoms with E-state index in [1.54, 1.807) is 0 Å². The van der Waals surface area contributed by atoms with Crippen molar-refractivity contribution in [3.8, 4) is 33.5 Å². The molecule has 240 valence electrons. The highest BCUT2D eigenvalue weighted by molar-refractivity contribution is 7.26. The lowest BCUT2D eigenvalue weighted by molar-refractivity contribution is 1.37. The molecule has 0 atom stereocenters. The van der Waals surface area contributed by atoms with E-state index in [2.05, 4.69) is 174 Å². The third-order valence-electron chi connectivity index (χ3n) is 11.1. The fourth-order valence-electron chi connectivity index (χ4n) is 8.74. The van der Waals surface area contributed by atoms with Gasteiger partial charge in [-0.2, -0.15) is 0 Å². The van der Waals surface area contributed by atoms with E-state index in [0.29, 0.717) is 0 Å². The molecule has 4 aromatic heterocycles. The number of pyridine rings is 1. The second-order valence-corrected chi connectivity index (χ2v) is 14.9. The van der Waals surface area contributed by atoms with Gasteiger partial charge in [-0.05, 0) is 64.7 Å². The number of para-hydroxylation sites is 3. The summed E-state index contributed by atoms with van der Waals surface area (Å²) in [7, 11) is 0. The quantitative estimate of drug-likeness (QED) is 0.170. The minimum absolute atomic E-state index is 1.03. The Kier molecular flexibility index (Phi) is 5.68. The predicted octanol–water partition coefficient (Wildman–Crippen LogP) is 13.9. The van der Waals surface area contributed by atoms with Crippen molar-refractivity contribution in [2.45, 2.75) is 0 Å². The molecule has 0 bridgehead atoms. The van der Waals surface area contributed by atoms with E-state index in [0.717, 1.165) is 16.8 Å². The van der Waals surface area contributed by atoms with Gasteiger partial charge in [-0.25, -0.2) is 4.98 Å². The van der Waals surface area contributed by atoms with Gasteiger partial charge in [0.15, 0.2) is 0 Å². The monoisotopic (exact) mass is 676 g/mol. The van der Waals surface area contributed by atoms with Crippen molar-refractivity contribution in [3.05, 3.63) is 170 Å². The van der Waals surface area contributed by atoms with Crippen LogP contribution in [0.5, 0.6) is 0 Å². The normalized spacial score (nSPS) is 12.2. The molecule has 8 aromatic carbocycles. The summed E-state index contributed by atoms with van der Waals surface area (Å²) in [6, 6.07) is 62.2. The third-order valence-corrected chi connectivity index (χ3v) is 12.3. The molecule has 0 spiro atoms. The average Bonchev–Trinajstić information content (AvgIpc) is 3.87. The van der Waals surface area contributed by atoms with E-state index in [9.17, 15) is 0 Å². The number of benzene rings is 8. The highest BCUT2D eigenvalue weighted by Crippen LogP contribution is 2.45. The van der Waals surface area contributed by atoms with Gasteiger partial charge in [0.1, 0.15) is 0 Å². The summed E-state index contributed by atoms with van der Waals surface area (Å²) in [6.07, 6.45) is 0. The topological polar surface area (TPSA) is 17.3 Å². The molecule has 0 N–H and O–H groups in total. The van der Waals surface area contributed by atoms with Gasteiger partial charge in [0.2, 0.25) is 0 Å². The van der Waals surface area contributed by atoms with Crippen molar-refractivity contribution in [2.24, 2.45) is 0 Å². The molecule has 0 aliphatic carbocycles. The number of thiophene rings is 1. The van der Waals surface area contributed by atoms with E-state index in [1.807, 2.05) is 11.3 Å². The van der Waals surface area contributed by atoms with E-state index in [-0.39, 0.29) is 0 Å². The van der Waals surface area contributed by atoms with Crippen LogP contribution in [-0.4, -0.2) is 9.38 Å². The molecular formula is C49H28N2S. The van der Waals surface area contributed by atoms with Crippen LogP contribution in [0.1, 0.15) is 0 Å². The molecule has 0 aliphatic rings. The van der Waals surface area contributed by atoms with Gasteiger partial charge < -0.3 is 4.40 Å². The minimum Gasteiger partial charge on any atom is -0.308 e. The molecule has 12 rings (SSSR count). The Morgan fingerprint density at radius 1 is 0.385 bits per heavy atom. The lowest BCUT2D eigenvalue weighted by Gasteiger charge is -2.11. The maximum atomic E-state index is 5.17. The molecule has 3 heteroatoms. The molecular weight excluding hydrogens is 649 g/mol. The molecule has 4 heterocycles. The van der Waals surface area contributed by atoms with E-state index < -0.39 is 0 Å². The Morgan fingerprint density at radius 3 is 1.69 bits per heavy atom. The first-order valence-corrected chi connectivity index (χ1v) is 18.6. The van der Waals surface area contributed by atoms with Gasteiger partial charge in [-0.15, -0.1) is 11.3 Å². The maximum absolute atomic E-state index is 5.17. The summed E-state index contributed by atoms with van der Waals surface area (Å²) in [5, 5.41) is 11.5. The van der Waals surface area contributed by atoms with Gasteiger partial charge in [-0.3, -0.25) is 0 Å². The van der Waals surface area contributed by atoms with Crippen LogP contribution in [0.25, 0.3) is 113 Å². The molecule has 0 amide bonds. The lowest BCUT2D eigenvalue weighted by Crippen LogP contribution is -1.89. The fraction of sp³-hybridized carbons (Fsp3) is 0. The number of hydrogen-bond acceptors (Lipinski definition) is 2. The van der Waals surface area contributed by atoms with Crippen molar-refractivity contribution in [2.75, 3.05) is 0 Å². The maximum Gasteiger partial charge on any atom is 0.0788 e. The van der Waals surface area contributed by atoms with Gasteiger partial charge >= 0.3 is 0 Å². The van der Waals surface area contributed by atoms with E-state index in [4.69, 9.17) is 4.98 Å². The third kappa shape index (κ3) is 3.86. The van der Waals surface area contributed by atoms with Crippen LogP contribution in [0.2, 0.25) is 0 Å². The second-order valence-electron chi connectivity index (χ2n) is 13.9. The van der Waals surface area contributed by atoms with Crippen LogP contribution in [-0.2, 0) is 0 Å². The largest absolute Gasteiger partial charge is 0.308 e. The molecule has 12 aromatic rings. The number of nitrogens with zero attached hydrogens (tertiary/aromatic N) is 2. The van der Waals surface area contributed by atoms with Crippen LogP contribution in [0.4, 0.5) is 0 Å². The van der Waals surface area contributed by atoms with Gasteiger partial charge in [-0.1, -0.05) is 127 Å². The predicted molar refractivity (Wildman–Crippen MR) is 223 cm³/mol. The van der Waals surface area contributed by atoms with Crippen molar-refractivity contribution < 1.29 is 0 Å². The molecule has 0 saturated heterocycles. The van der Waals surface area contributed by atoms with Crippen molar-refractivity contribution in [1.82, 2.24) is 9.38 Å². The highest BCUT2D eigenvalue weighted by atomic mass is 32.1. The lowest BCUT2D eigenvalue weighted by atomic mass is 9.96. The number of fused-ring (bicyclic) bond motifs is 13. The SMILES string of the molecule is c1ccc(-c2nc3ccccc3c3c2ccc2c4cc(-c5ccc(-c6cc7c8ccccc8n8c9ccccc9c(c6)c78)cc5)ccc4sc23)cc1. The zero-order valence-corrected chi connectivity index (χ0v) is 28.8. The van der Waals surface area contributed by atoms with Crippen molar-refractivity contribution in [1.29, 1.82) is 0 Å². The van der Waals surface area contributed by atoms with Crippen LogP contribution >= 0.6 is 11.3 Å². The summed E-state index contributed by atoms with van der Waals surface area (Å²) in [4.78, 5) is 5.17. The Labute approximate surface area is 302 Å². The summed E-state index contributed by atoms with van der Waals surface area (Å²) < 4.78 is 5.06. The Morgan fingerprint density at radius 2 is 0.962 bits per heavy atom. The van der Waals surface area contributed by atoms with Gasteiger partial charge in [0, 0.05) is 63.4 Å². The average molecular weight is 677 g/mol. The molecule has 2 nitrogen and oxygen atoms in total. The first-order chi connectivity index (χ1) is 25.8. The molecule has 0 unspecified atom stereocenters. The van der Waals surface area contributed by atoms with Crippen molar-refractivity contribution in [3.63, 3.8) is 0 Å². The first kappa shape index (κ1) is 28.2. The van der Waals surface area contributed by atoms with E-state index in [1.165, 1.54) is 96.7 Å². The van der Waals surface area contributed by atoms with Crippen LogP contribution in [0.3, 0.4) is 0 Å². The van der Waals surface area contributed by atoms with Crippen LogP contribution < -0.4 is 0 Å². The Bertz CT molecular complexity index is 3300. The Hall–Kier alpha value is -6.55. The molecule has 0 aliphatic heterocycles. The zero-order chi connectivity index (χ0) is 33.9. The molecule has 52 heavy (non-hydrogen) atoms. The molecule has 0 fully saturated rings.